The van der Waals surface area contributed by atoms with Crippen molar-refractivity contribution in [3.8, 4) is 0 Å². The van der Waals surface area contributed by atoms with Crippen molar-refractivity contribution in [2.24, 2.45) is 11.8 Å². The van der Waals surface area contributed by atoms with Gasteiger partial charge >= 0.3 is 0 Å². The summed E-state index contributed by atoms with van der Waals surface area (Å²) in [6.07, 6.45) is 7.20. The number of rotatable bonds is 6. The molecule has 106 valence electrons. The quantitative estimate of drug-likeness (QED) is 0.539. The summed E-state index contributed by atoms with van der Waals surface area (Å²) in [7, 11) is -3.46. The van der Waals surface area contributed by atoms with Crippen LogP contribution in [0.5, 0.6) is 0 Å². The van der Waals surface area contributed by atoms with E-state index >= 15 is 0 Å². The smallest absolute Gasteiger partial charge is 0.242 e. The van der Waals surface area contributed by atoms with Crippen LogP contribution in [0.25, 0.3) is 0 Å². The molecule has 0 spiro atoms. The first kappa shape index (κ1) is 14.2. The Morgan fingerprint density at radius 1 is 1.32 bits per heavy atom. The average molecular weight is 284 g/mol. The molecule has 7 heteroatoms. The summed E-state index contributed by atoms with van der Waals surface area (Å²) in [5.74, 6) is 6.29. The predicted molar refractivity (Wildman–Crippen MR) is 73.8 cm³/mol. The summed E-state index contributed by atoms with van der Waals surface area (Å²) >= 11 is 0. The van der Waals surface area contributed by atoms with Crippen LogP contribution in [0.1, 0.15) is 32.1 Å². The Morgan fingerprint density at radius 2 is 2.05 bits per heavy atom. The molecule has 0 atom stereocenters. The lowest BCUT2D eigenvalue weighted by molar-refractivity contribution is 0.495. The van der Waals surface area contributed by atoms with E-state index in [1.54, 1.807) is 0 Å². The molecule has 0 bridgehead atoms. The fraction of sp³-hybridized carbons (Fsp3) is 0.583. The molecular weight excluding hydrogens is 264 g/mol. The van der Waals surface area contributed by atoms with Crippen LogP contribution in [-0.2, 0) is 10.0 Å². The number of nitrogen functional groups attached to an aromatic ring is 1. The molecule has 1 aromatic rings. The Balaban J connectivity index is 1.89. The standard InChI is InChI=1S/C12H20N4O2S/c13-16-12-6-5-11(9-14-12)19(17,18)15-8-7-10-3-1-2-4-10/h5-6,9-10,15H,1-4,7-8,13H2,(H,14,16). The molecule has 1 aliphatic rings. The highest BCUT2D eigenvalue weighted by atomic mass is 32.2. The van der Waals surface area contributed by atoms with E-state index in [9.17, 15) is 8.42 Å². The van der Waals surface area contributed by atoms with Gasteiger partial charge in [-0.05, 0) is 24.5 Å². The third-order valence-electron chi connectivity index (χ3n) is 3.51. The van der Waals surface area contributed by atoms with Crippen molar-refractivity contribution in [1.29, 1.82) is 0 Å². The number of hydrogen-bond donors (Lipinski definition) is 3. The van der Waals surface area contributed by atoms with Crippen LogP contribution in [0, 0.1) is 5.92 Å². The third-order valence-corrected chi connectivity index (χ3v) is 4.96. The molecule has 1 fully saturated rings. The van der Waals surface area contributed by atoms with Crippen molar-refractivity contribution in [2.75, 3.05) is 12.0 Å². The minimum Gasteiger partial charge on any atom is -0.308 e. The maximum Gasteiger partial charge on any atom is 0.242 e. The Hall–Kier alpha value is -1.18. The van der Waals surface area contributed by atoms with Crippen LogP contribution in [-0.4, -0.2) is 19.9 Å². The van der Waals surface area contributed by atoms with E-state index < -0.39 is 10.0 Å². The van der Waals surface area contributed by atoms with E-state index in [0.29, 0.717) is 18.3 Å². The molecule has 0 aromatic carbocycles. The molecule has 0 saturated heterocycles. The van der Waals surface area contributed by atoms with Gasteiger partial charge in [0, 0.05) is 12.7 Å². The molecule has 6 nitrogen and oxygen atoms in total. The molecule has 1 aliphatic carbocycles. The van der Waals surface area contributed by atoms with Gasteiger partial charge in [0.2, 0.25) is 10.0 Å². The van der Waals surface area contributed by atoms with Crippen LogP contribution in [0.15, 0.2) is 23.2 Å². The zero-order valence-corrected chi connectivity index (χ0v) is 11.6. The Bertz CT molecular complexity index is 495. The Kier molecular flexibility index (Phi) is 4.73. The van der Waals surface area contributed by atoms with Gasteiger partial charge in [-0.3, -0.25) is 0 Å². The number of aromatic nitrogens is 1. The molecular formula is C12H20N4O2S. The van der Waals surface area contributed by atoms with Gasteiger partial charge in [-0.15, -0.1) is 0 Å². The normalized spacial score (nSPS) is 16.7. The van der Waals surface area contributed by atoms with Crippen molar-refractivity contribution in [2.45, 2.75) is 37.0 Å². The molecule has 0 unspecified atom stereocenters. The number of nitrogens with zero attached hydrogens (tertiary/aromatic N) is 1. The zero-order chi connectivity index (χ0) is 13.7. The van der Waals surface area contributed by atoms with E-state index in [0.717, 1.165) is 6.42 Å². The van der Waals surface area contributed by atoms with Gasteiger partial charge in [0.1, 0.15) is 10.7 Å². The lowest BCUT2D eigenvalue weighted by Gasteiger charge is -2.10. The average Bonchev–Trinajstić information content (AvgIpc) is 2.92. The number of nitrogens with one attached hydrogen (secondary N) is 2. The largest absolute Gasteiger partial charge is 0.308 e. The molecule has 4 N–H and O–H groups in total. The van der Waals surface area contributed by atoms with Crippen molar-refractivity contribution < 1.29 is 8.42 Å². The first-order valence-electron chi connectivity index (χ1n) is 6.54. The number of sulfonamides is 1. The van der Waals surface area contributed by atoms with Crippen molar-refractivity contribution >= 4 is 15.8 Å². The van der Waals surface area contributed by atoms with Crippen molar-refractivity contribution in [3.63, 3.8) is 0 Å². The van der Waals surface area contributed by atoms with E-state index in [1.165, 1.54) is 44.0 Å². The number of nitrogens with two attached hydrogens (primary N) is 1. The van der Waals surface area contributed by atoms with Crippen LogP contribution in [0.4, 0.5) is 5.82 Å². The molecule has 1 aromatic heterocycles. The van der Waals surface area contributed by atoms with Gasteiger partial charge in [0.15, 0.2) is 0 Å². The van der Waals surface area contributed by atoms with Crippen LogP contribution >= 0.6 is 0 Å². The number of anilines is 1. The first-order chi connectivity index (χ1) is 9.12. The fourth-order valence-corrected chi connectivity index (χ4v) is 3.40. The van der Waals surface area contributed by atoms with Crippen molar-refractivity contribution in [3.05, 3.63) is 18.3 Å². The van der Waals surface area contributed by atoms with Gasteiger partial charge in [0.25, 0.3) is 0 Å². The molecule has 1 heterocycles. The Labute approximate surface area is 113 Å². The second kappa shape index (κ2) is 6.31. The number of hydrazine groups is 1. The summed E-state index contributed by atoms with van der Waals surface area (Å²) < 4.78 is 26.6. The molecule has 1 saturated carbocycles. The second-order valence-corrected chi connectivity index (χ2v) is 6.63. The minimum absolute atomic E-state index is 0.165. The van der Waals surface area contributed by atoms with Gasteiger partial charge in [0.05, 0.1) is 0 Å². The first-order valence-corrected chi connectivity index (χ1v) is 8.02. The topological polar surface area (TPSA) is 97.1 Å². The fourth-order valence-electron chi connectivity index (χ4n) is 2.40. The van der Waals surface area contributed by atoms with Crippen LogP contribution < -0.4 is 16.0 Å². The lowest BCUT2D eigenvalue weighted by Crippen LogP contribution is -2.26. The van der Waals surface area contributed by atoms with Gasteiger partial charge in [-0.25, -0.2) is 24.0 Å². The van der Waals surface area contributed by atoms with E-state index in [1.807, 2.05) is 0 Å². The van der Waals surface area contributed by atoms with Crippen LogP contribution in [0.2, 0.25) is 0 Å². The summed E-state index contributed by atoms with van der Waals surface area (Å²) in [6.45, 7) is 0.490. The summed E-state index contributed by atoms with van der Waals surface area (Å²) in [6, 6.07) is 3.02. The maximum absolute atomic E-state index is 12.0. The van der Waals surface area contributed by atoms with Gasteiger partial charge in [-0.2, -0.15) is 0 Å². The number of pyridine rings is 1. The SMILES string of the molecule is NNc1ccc(S(=O)(=O)NCCC2CCCC2)cn1. The summed E-state index contributed by atoms with van der Waals surface area (Å²) in [4.78, 5) is 4.06. The second-order valence-electron chi connectivity index (χ2n) is 4.86. The number of hydrogen-bond acceptors (Lipinski definition) is 5. The Morgan fingerprint density at radius 3 is 2.63 bits per heavy atom. The summed E-state index contributed by atoms with van der Waals surface area (Å²) in [5, 5.41) is 0. The molecule has 0 amide bonds. The minimum atomic E-state index is -3.46. The highest BCUT2D eigenvalue weighted by Gasteiger charge is 2.17. The van der Waals surface area contributed by atoms with E-state index in [2.05, 4.69) is 15.1 Å². The van der Waals surface area contributed by atoms with Gasteiger partial charge < -0.3 is 5.43 Å². The maximum atomic E-state index is 12.0. The lowest BCUT2D eigenvalue weighted by atomic mass is 10.1. The van der Waals surface area contributed by atoms with Crippen LogP contribution in [0.3, 0.4) is 0 Å². The van der Waals surface area contributed by atoms with Gasteiger partial charge in [-0.1, -0.05) is 25.7 Å². The van der Waals surface area contributed by atoms with Crippen molar-refractivity contribution in [1.82, 2.24) is 9.71 Å². The van der Waals surface area contributed by atoms with E-state index in [4.69, 9.17) is 5.84 Å². The molecule has 0 aliphatic heterocycles. The highest BCUT2D eigenvalue weighted by molar-refractivity contribution is 7.89. The monoisotopic (exact) mass is 284 g/mol. The zero-order valence-electron chi connectivity index (χ0n) is 10.8. The molecule has 19 heavy (non-hydrogen) atoms. The highest BCUT2D eigenvalue weighted by Crippen LogP contribution is 2.27. The van der Waals surface area contributed by atoms with E-state index in [-0.39, 0.29) is 4.90 Å². The molecule has 2 rings (SSSR count). The summed E-state index contributed by atoms with van der Waals surface area (Å²) in [5.41, 5.74) is 2.36. The third kappa shape index (κ3) is 3.89. The molecule has 0 radical (unpaired) electrons. The predicted octanol–water partition coefficient (Wildman–Crippen LogP) is 1.23.